The minimum atomic E-state index is -0.0281. The third-order valence-corrected chi connectivity index (χ3v) is 8.83. The molecule has 6 nitrogen and oxygen atoms in total. The smallest absolute Gasteiger partial charge is 0.253 e. The molecular weight excluding hydrogens is 455 g/mol. The summed E-state index contributed by atoms with van der Waals surface area (Å²) in [6.07, 6.45) is 5.41. The van der Waals surface area contributed by atoms with Gasteiger partial charge in [0.25, 0.3) is 5.91 Å². The second kappa shape index (κ2) is 8.62. The lowest BCUT2D eigenvalue weighted by molar-refractivity contribution is -0.130. The first-order valence-electron chi connectivity index (χ1n) is 9.59. The molecule has 154 valence electrons. The number of hydrogen-bond acceptors (Lipinski definition) is 9. The molecule has 0 spiro atoms. The summed E-state index contributed by atoms with van der Waals surface area (Å²) >= 11 is 6.09. The Morgan fingerprint density at radius 3 is 2.87 bits per heavy atom. The number of allylic oxidation sites excluding steroid dienone is 1. The van der Waals surface area contributed by atoms with Crippen LogP contribution < -0.4 is 5.73 Å². The van der Waals surface area contributed by atoms with Gasteiger partial charge in [-0.15, -0.1) is 32.9 Å². The molecule has 5 rings (SSSR count). The molecule has 2 atom stereocenters. The van der Waals surface area contributed by atoms with Gasteiger partial charge < -0.3 is 5.73 Å². The van der Waals surface area contributed by atoms with Crippen molar-refractivity contribution in [3.63, 3.8) is 0 Å². The number of nitrogens with two attached hydrogens (primary N) is 1. The summed E-state index contributed by atoms with van der Waals surface area (Å²) in [6.45, 7) is 0. The predicted molar refractivity (Wildman–Crippen MR) is 126 cm³/mol. The molecule has 4 heterocycles. The highest BCUT2D eigenvalue weighted by atomic mass is 32.2. The van der Waals surface area contributed by atoms with Crippen LogP contribution in [0.15, 0.2) is 50.0 Å². The molecule has 1 amide bonds. The lowest BCUT2D eigenvalue weighted by Crippen LogP contribution is -2.32. The lowest BCUT2D eigenvalue weighted by Gasteiger charge is -2.28. The molecule has 2 N–H and O–H groups in total. The fourth-order valence-corrected chi connectivity index (χ4v) is 7.00. The molecule has 1 saturated carbocycles. The average molecular weight is 474 g/mol. The first-order valence-corrected chi connectivity index (χ1v) is 13.2. The molecule has 1 aliphatic heterocycles. The van der Waals surface area contributed by atoms with Crippen LogP contribution in [0.5, 0.6) is 0 Å². The van der Waals surface area contributed by atoms with Gasteiger partial charge in [-0.05, 0) is 53.8 Å². The number of thioether (sulfide) groups is 1. The van der Waals surface area contributed by atoms with Crippen molar-refractivity contribution in [1.82, 2.24) is 15.2 Å². The van der Waals surface area contributed by atoms with Gasteiger partial charge in [-0.2, -0.15) is 5.10 Å². The van der Waals surface area contributed by atoms with Gasteiger partial charge in [0, 0.05) is 15.7 Å². The summed E-state index contributed by atoms with van der Waals surface area (Å²) in [7, 11) is 0. The number of amides is 1. The van der Waals surface area contributed by atoms with Crippen molar-refractivity contribution < 1.29 is 4.79 Å². The summed E-state index contributed by atoms with van der Waals surface area (Å²) < 4.78 is 0.705. The van der Waals surface area contributed by atoms with Crippen molar-refractivity contribution in [2.24, 2.45) is 11.0 Å². The van der Waals surface area contributed by atoms with E-state index in [1.54, 1.807) is 27.7 Å². The second-order valence-electron chi connectivity index (χ2n) is 7.06. The van der Waals surface area contributed by atoms with E-state index < -0.39 is 0 Å². The zero-order valence-electron chi connectivity index (χ0n) is 15.9. The van der Waals surface area contributed by atoms with E-state index in [0.717, 1.165) is 25.0 Å². The Balaban J connectivity index is 1.44. The van der Waals surface area contributed by atoms with Crippen LogP contribution >= 0.6 is 45.8 Å². The molecule has 0 bridgehead atoms. The normalized spacial score (nSPS) is 22.3. The van der Waals surface area contributed by atoms with E-state index in [1.165, 1.54) is 38.4 Å². The van der Waals surface area contributed by atoms with E-state index in [0.29, 0.717) is 9.47 Å². The summed E-state index contributed by atoms with van der Waals surface area (Å²) in [4.78, 5) is 15.6. The number of nitrogen functional groups attached to an aromatic ring is 1. The monoisotopic (exact) mass is 473 g/mol. The highest BCUT2D eigenvalue weighted by Crippen LogP contribution is 2.46. The summed E-state index contributed by atoms with van der Waals surface area (Å²) in [5.41, 5.74) is 7.99. The minimum absolute atomic E-state index is 0.00968. The van der Waals surface area contributed by atoms with Crippen molar-refractivity contribution in [2.75, 3.05) is 11.5 Å². The maximum atomic E-state index is 13.2. The standard InChI is InChI=1S/C20H19N5OS4/c21-19-22-23-20(30-19)29-11-16(26)25-18(15-7-3-9-28-15)14-6-1-4-12(17(14)24-25)10-13-5-2-8-27-13/h2-3,5,7-10,14,18H,1,4,6,11H2,(H2,21,22)/b12-10-/t14-,18-/m0/s1. The highest BCUT2D eigenvalue weighted by molar-refractivity contribution is 8.01. The molecule has 10 heteroatoms. The molecule has 30 heavy (non-hydrogen) atoms. The molecule has 3 aromatic rings. The van der Waals surface area contributed by atoms with Crippen molar-refractivity contribution in [1.29, 1.82) is 0 Å². The quantitative estimate of drug-likeness (QED) is 0.518. The fraction of sp³-hybridized carbons (Fsp3) is 0.300. The van der Waals surface area contributed by atoms with Crippen molar-refractivity contribution in [3.8, 4) is 0 Å². The molecule has 0 radical (unpaired) electrons. The van der Waals surface area contributed by atoms with E-state index >= 15 is 0 Å². The van der Waals surface area contributed by atoms with E-state index in [4.69, 9.17) is 10.8 Å². The van der Waals surface area contributed by atoms with Crippen LogP contribution in [-0.4, -0.2) is 32.6 Å². The molecule has 2 aliphatic rings. The summed E-state index contributed by atoms with van der Waals surface area (Å²) in [6, 6.07) is 8.32. The van der Waals surface area contributed by atoms with Crippen molar-refractivity contribution in [2.45, 2.75) is 29.6 Å². The first kappa shape index (κ1) is 19.9. The number of hydrazone groups is 1. The van der Waals surface area contributed by atoms with Crippen molar-refractivity contribution in [3.05, 3.63) is 50.4 Å². The van der Waals surface area contributed by atoms with Crippen LogP contribution in [0.1, 0.15) is 35.1 Å². The van der Waals surface area contributed by atoms with E-state index in [-0.39, 0.29) is 23.6 Å². The summed E-state index contributed by atoms with van der Waals surface area (Å²) in [5, 5.41) is 19.0. The Kier molecular flexibility index (Phi) is 5.72. The van der Waals surface area contributed by atoms with Gasteiger partial charge in [-0.1, -0.05) is 35.2 Å². The zero-order chi connectivity index (χ0) is 20.5. The molecule has 0 aromatic carbocycles. The molecule has 1 fully saturated rings. The lowest BCUT2D eigenvalue weighted by atomic mass is 9.79. The van der Waals surface area contributed by atoms with Crippen LogP contribution in [0.2, 0.25) is 0 Å². The van der Waals surface area contributed by atoms with Crippen LogP contribution in [0, 0.1) is 5.92 Å². The molecule has 3 aromatic heterocycles. The number of fused-ring (bicyclic) bond motifs is 1. The Morgan fingerprint density at radius 2 is 2.13 bits per heavy atom. The van der Waals surface area contributed by atoms with Gasteiger partial charge in [0.1, 0.15) is 0 Å². The Morgan fingerprint density at radius 1 is 1.27 bits per heavy atom. The number of nitrogens with zero attached hydrogens (tertiary/aromatic N) is 4. The highest BCUT2D eigenvalue weighted by Gasteiger charge is 2.44. The zero-order valence-corrected chi connectivity index (χ0v) is 19.2. The minimum Gasteiger partial charge on any atom is -0.374 e. The third kappa shape index (κ3) is 3.96. The predicted octanol–water partition coefficient (Wildman–Crippen LogP) is 5.16. The topological polar surface area (TPSA) is 84.5 Å². The molecule has 1 aliphatic carbocycles. The molecule has 0 unspecified atom stereocenters. The largest absolute Gasteiger partial charge is 0.374 e. The Labute approximate surface area is 190 Å². The summed E-state index contributed by atoms with van der Waals surface area (Å²) in [5.74, 6) is 0.503. The van der Waals surface area contributed by atoms with Gasteiger partial charge in [-0.25, -0.2) is 5.01 Å². The Bertz CT molecular complexity index is 1090. The van der Waals surface area contributed by atoms with E-state index in [9.17, 15) is 4.79 Å². The van der Waals surface area contributed by atoms with Crippen LogP contribution in [-0.2, 0) is 4.79 Å². The number of hydrogen-bond donors (Lipinski definition) is 1. The maximum Gasteiger partial charge on any atom is 0.253 e. The molecule has 0 saturated heterocycles. The average Bonchev–Trinajstić information content (AvgIpc) is 3.52. The molecular formula is C20H19N5OS4. The van der Waals surface area contributed by atoms with Crippen molar-refractivity contribution >= 4 is 68.6 Å². The number of thiophene rings is 2. The SMILES string of the molecule is Nc1nnc(SCC(=O)N2N=C3/C(=C\c4cccs4)CCC[C@@H]3[C@H]2c2cccs2)s1. The number of anilines is 1. The van der Waals surface area contributed by atoms with Crippen LogP contribution in [0.25, 0.3) is 6.08 Å². The number of carbonyl (C=O) groups excluding carboxylic acids is 1. The Hall–Kier alpha value is -2.01. The third-order valence-electron chi connectivity index (χ3n) is 5.19. The number of rotatable bonds is 5. The second-order valence-corrected chi connectivity index (χ2v) is 11.3. The maximum absolute atomic E-state index is 13.2. The van der Waals surface area contributed by atoms with Gasteiger partial charge in [-0.3, -0.25) is 4.79 Å². The first-order chi connectivity index (χ1) is 14.7. The van der Waals surface area contributed by atoms with Crippen LogP contribution in [0.3, 0.4) is 0 Å². The number of aromatic nitrogens is 2. The van der Waals surface area contributed by atoms with Gasteiger partial charge in [0.15, 0.2) is 4.34 Å². The van der Waals surface area contributed by atoms with Gasteiger partial charge in [0.2, 0.25) is 5.13 Å². The van der Waals surface area contributed by atoms with Gasteiger partial charge >= 0.3 is 0 Å². The van der Waals surface area contributed by atoms with E-state index in [1.807, 2.05) is 6.07 Å². The van der Waals surface area contributed by atoms with Crippen LogP contribution in [0.4, 0.5) is 5.13 Å². The van der Waals surface area contributed by atoms with Gasteiger partial charge in [0.05, 0.1) is 17.5 Å². The number of carbonyl (C=O) groups is 1. The van der Waals surface area contributed by atoms with E-state index in [2.05, 4.69) is 45.2 Å². The fourth-order valence-electron chi connectivity index (χ4n) is 3.96.